The van der Waals surface area contributed by atoms with Crippen molar-refractivity contribution in [3.8, 4) is 5.75 Å². The van der Waals surface area contributed by atoms with Crippen LogP contribution >= 0.6 is 11.3 Å². The molecule has 1 N–H and O–H groups in total. The average Bonchev–Trinajstić information content (AvgIpc) is 3.17. The van der Waals surface area contributed by atoms with E-state index in [9.17, 15) is 9.59 Å². The number of thiazole rings is 1. The van der Waals surface area contributed by atoms with E-state index in [0.29, 0.717) is 23.6 Å². The molecule has 0 aliphatic carbocycles. The summed E-state index contributed by atoms with van der Waals surface area (Å²) in [6.07, 6.45) is 3.14. The van der Waals surface area contributed by atoms with Crippen molar-refractivity contribution < 1.29 is 19.1 Å². The van der Waals surface area contributed by atoms with E-state index in [1.165, 1.54) is 13.2 Å². The number of anilines is 1. The molecule has 0 bridgehead atoms. The van der Waals surface area contributed by atoms with Gasteiger partial charge in [-0.3, -0.25) is 4.79 Å². The van der Waals surface area contributed by atoms with Gasteiger partial charge in [-0.1, -0.05) is 18.2 Å². The molecule has 0 radical (unpaired) electrons. The largest absolute Gasteiger partial charge is 0.487 e. The van der Waals surface area contributed by atoms with Gasteiger partial charge in [-0.2, -0.15) is 0 Å². The van der Waals surface area contributed by atoms with Gasteiger partial charge >= 0.3 is 5.97 Å². The topological polar surface area (TPSA) is 77.5 Å². The zero-order valence-corrected chi connectivity index (χ0v) is 17.8. The highest BCUT2D eigenvalue weighted by atomic mass is 32.1. The second-order valence-corrected chi connectivity index (χ2v) is 7.63. The molecule has 0 atom stereocenters. The third-order valence-corrected chi connectivity index (χ3v) is 5.08. The van der Waals surface area contributed by atoms with Crippen molar-refractivity contribution in [2.24, 2.45) is 0 Å². The molecule has 1 amide bonds. The predicted molar refractivity (Wildman–Crippen MR) is 118 cm³/mol. The zero-order valence-electron chi connectivity index (χ0n) is 17.0. The lowest BCUT2D eigenvalue weighted by Crippen LogP contribution is -2.10. The number of esters is 1. The van der Waals surface area contributed by atoms with Gasteiger partial charge in [-0.05, 0) is 55.3 Å². The molecule has 0 saturated carbocycles. The van der Waals surface area contributed by atoms with Crippen LogP contribution in [-0.4, -0.2) is 24.0 Å². The summed E-state index contributed by atoms with van der Waals surface area (Å²) >= 11 is 1.59. The maximum absolute atomic E-state index is 12.3. The summed E-state index contributed by atoms with van der Waals surface area (Å²) in [5.74, 6) is -0.0557. The lowest BCUT2D eigenvalue weighted by atomic mass is 10.1. The molecule has 0 spiro atoms. The monoisotopic (exact) mass is 422 g/mol. The predicted octanol–water partition coefficient (Wildman–Crippen LogP) is 4.78. The quantitative estimate of drug-likeness (QED) is 0.438. The average molecular weight is 423 g/mol. The Labute approximate surface area is 179 Å². The number of aryl methyl sites for hydroxylation is 2. The van der Waals surface area contributed by atoms with E-state index < -0.39 is 5.97 Å². The first-order chi connectivity index (χ1) is 14.4. The number of aromatic nitrogens is 1. The highest BCUT2D eigenvalue weighted by Crippen LogP contribution is 2.19. The maximum Gasteiger partial charge on any atom is 0.337 e. The minimum atomic E-state index is -0.453. The second-order valence-electron chi connectivity index (χ2n) is 6.56. The van der Waals surface area contributed by atoms with Gasteiger partial charge < -0.3 is 14.8 Å². The van der Waals surface area contributed by atoms with Gasteiger partial charge in [-0.15, -0.1) is 11.3 Å². The molecule has 0 unspecified atom stereocenters. The summed E-state index contributed by atoms with van der Waals surface area (Å²) < 4.78 is 10.5. The number of carbonyl (C=O) groups is 2. The molecule has 1 aromatic heterocycles. The normalized spacial score (nSPS) is 10.8. The van der Waals surface area contributed by atoms with Crippen molar-refractivity contribution in [3.05, 3.63) is 81.3 Å². The lowest BCUT2D eigenvalue weighted by Gasteiger charge is -2.08. The number of nitrogens with zero attached hydrogens (tertiary/aromatic N) is 1. The fourth-order valence-corrected chi connectivity index (χ4v) is 3.28. The van der Waals surface area contributed by atoms with Gasteiger partial charge in [-0.25, -0.2) is 9.78 Å². The first-order valence-electron chi connectivity index (χ1n) is 9.26. The molecule has 3 aromatic rings. The number of ether oxygens (including phenoxy) is 2. The summed E-state index contributed by atoms with van der Waals surface area (Å²) in [6.45, 7) is 4.21. The van der Waals surface area contributed by atoms with Gasteiger partial charge in [0.1, 0.15) is 12.4 Å². The number of benzene rings is 2. The number of amides is 1. The minimum absolute atomic E-state index is 0.301. The van der Waals surface area contributed by atoms with Gasteiger partial charge in [0.25, 0.3) is 0 Å². The van der Waals surface area contributed by atoms with E-state index in [1.807, 2.05) is 43.5 Å². The van der Waals surface area contributed by atoms with Gasteiger partial charge in [0.2, 0.25) is 5.91 Å². The Morgan fingerprint density at radius 3 is 2.73 bits per heavy atom. The van der Waals surface area contributed by atoms with E-state index in [4.69, 9.17) is 9.47 Å². The SMILES string of the molecule is COC(=O)c1ccc(C)c(NC(=O)/C=C/c2cccc(OCc3csc(C)n3)c2)c1. The third kappa shape index (κ3) is 5.78. The Kier molecular flexibility index (Phi) is 6.98. The van der Waals surface area contributed by atoms with E-state index in [0.717, 1.165) is 21.8 Å². The van der Waals surface area contributed by atoms with E-state index in [-0.39, 0.29) is 5.91 Å². The molecule has 3 rings (SSSR count). The number of hydrogen-bond donors (Lipinski definition) is 1. The van der Waals surface area contributed by atoms with Gasteiger partial charge in [0, 0.05) is 17.1 Å². The molecular weight excluding hydrogens is 400 g/mol. The highest BCUT2D eigenvalue weighted by Gasteiger charge is 2.09. The third-order valence-electron chi connectivity index (χ3n) is 4.26. The molecule has 0 saturated heterocycles. The van der Waals surface area contributed by atoms with Gasteiger partial charge in [0.15, 0.2) is 0 Å². The van der Waals surface area contributed by atoms with Crippen molar-refractivity contribution in [1.29, 1.82) is 0 Å². The number of methoxy groups -OCH3 is 1. The van der Waals surface area contributed by atoms with Crippen LogP contribution in [0.1, 0.15) is 32.2 Å². The first kappa shape index (κ1) is 21.3. The Hall–Kier alpha value is -3.45. The molecule has 6 nitrogen and oxygen atoms in total. The fourth-order valence-electron chi connectivity index (χ4n) is 2.69. The van der Waals surface area contributed by atoms with E-state index >= 15 is 0 Å². The zero-order chi connectivity index (χ0) is 21.5. The maximum atomic E-state index is 12.3. The number of carbonyl (C=O) groups excluding carboxylic acids is 2. The Bertz CT molecular complexity index is 1090. The Morgan fingerprint density at radius 2 is 2.00 bits per heavy atom. The van der Waals surface area contributed by atoms with Crippen LogP contribution in [0, 0.1) is 13.8 Å². The summed E-state index contributed by atoms with van der Waals surface area (Å²) in [6, 6.07) is 12.5. The number of rotatable bonds is 7. The van der Waals surface area contributed by atoms with Crippen LogP contribution in [0.3, 0.4) is 0 Å². The molecule has 1 heterocycles. The molecule has 0 fully saturated rings. The van der Waals surface area contributed by atoms with E-state index in [1.54, 1.807) is 35.6 Å². The minimum Gasteiger partial charge on any atom is -0.487 e. The molecule has 0 aliphatic rings. The van der Waals surface area contributed by atoms with Crippen molar-refractivity contribution in [3.63, 3.8) is 0 Å². The molecule has 0 aliphatic heterocycles. The van der Waals surface area contributed by atoms with Crippen molar-refractivity contribution >= 4 is 35.0 Å². The Balaban J connectivity index is 1.63. The van der Waals surface area contributed by atoms with Crippen LogP contribution in [0.5, 0.6) is 5.75 Å². The lowest BCUT2D eigenvalue weighted by molar-refractivity contribution is -0.111. The number of hydrogen-bond acceptors (Lipinski definition) is 6. The van der Waals surface area contributed by atoms with Crippen LogP contribution in [0.25, 0.3) is 6.08 Å². The van der Waals surface area contributed by atoms with E-state index in [2.05, 4.69) is 10.3 Å². The summed E-state index contributed by atoms with van der Waals surface area (Å²) in [5.41, 5.74) is 3.50. The molecule has 7 heteroatoms. The summed E-state index contributed by atoms with van der Waals surface area (Å²) in [5, 5.41) is 5.77. The first-order valence-corrected chi connectivity index (χ1v) is 10.1. The summed E-state index contributed by atoms with van der Waals surface area (Å²) in [4.78, 5) is 28.4. The van der Waals surface area contributed by atoms with Crippen LogP contribution < -0.4 is 10.1 Å². The highest BCUT2D eigenvalue weighted by molar-refractivity contribution is 7.09. The smallest absolute Gasteiger partial charge is 0.337 e. The van der Waals surface area contributed by atoms with Crippen LogP contribution in [0.4, 0.5) is 5.69 Å². The van der Waals surface area contributed by atoms with Crippen molar-refractivity contribution in [2.75, 3.05) is 12.4 Å². The molecule has 154 valence electrons. The summed E-state index contributed by atoms with van der Waals surface area (Å²) in [7, 11) is 1.32. The van der Waals surface area contributed by atoms with Crippen molar-refractivity contribution in [2.45, 2.75) is 20.5 Å². The fraction of sp³-hybridized carbons (Fsp3) is 0.174. The van der Waals surface area contributed by atoms with Crippen LogP contribution in [0.15, 0.2) is 53.9 Å². The standard InChI is InChI=1S/C23H22N2O4S/c1-15-7-9-18(23(27)28-3)12-21(15)25-22(26)10-8-17-5-4-6-20(11-17)29-13-19-14-30-16(2)24-19/h4-12,14H,13H2,1-3H3,(H,25,26)/b10-8+. The molecular formula is C23H22N2O4S. The van der Waals surface area contributed by atoms with Crippen molar-refractivity contribution in [1.82, 2.24) is 4.98 Å². The van der Waals surface area contributed by atoms with Crippen LogP contribution in [0.2, 0.25) is 0 Å². The van der Waals surface area contributed by atoms with Gasteiger partial charge in [0.05, 0.1) is 23.4 Å². The van der Waals surface area contributed by atoms with Crippen LogP contribution in [-0.2, 0) is 16.1 Å². The molecule has 2 aromatic carbocycles. The second kappa shape index (κ2) is 9.84. The molecule has 30 heavy (non-hydrogen) atoms. The Morgan fingerprint density at radius 1 is 1.17 bits per heavy atom. The number of nitrogens with one attached hydrogen (secondary N) is 1.